The van der Waals surface area contributed by atoms with Crippen LogP contribution in [0.25, 0.3) is 77.7 Å². The van der Waals surface area contributed by atoms with Gasteiger partial charge < -0.3 is 10.8 Å². The van der Waals surface area contributed by atoms with E-state index in [0.29, 0.717) is 23.7 Å². The topological polar surface area (TPSA) is 86.2 Å². The quantitative estimate of drug-likeness (QED) is 0.0937. The fourth-order valence-electron chi connectivity index (χ4n) is 9.00. The average molecular weight is 1350 g/mol. The Morgan fingerprint density at radius 2 is 0.831 bits per heavy atom. The average Bonchev–Trinajstić information content (AvgIpc) is 4.11. The molecule has 10 aromatic rings. The molecule has 8 nitrogen and oxygen atoms in total. The molecule has 0 atom stereocenters. The van der Waals surface area contributed by atoms with Crippen molar-refractivity contribution in [2.45, 2.75) is 86.5 Å². The zero-order valence-electron chi connectivity index (χ0n) is 43.1. The number of hydrogen-bond donors (Lipinski definition) is 0. The molecule has 0 aliphatic carbocycles. The maximum Gasteiger partial charge on any atom is 0.165 e. The Morgan fingerprint density at radius 1 is 0.442 bits per heavy atom. The Balaban J connectivity index is 0.000000219. The minimum absolute atomic E-state index is 0. The SMILES string of the molecule is C.CC(C)c1cccc(C(C)C)c1-c1cnc2c3[c-]cccc3c3nccnc3n12.CC(C)c1cccc(C(C)C)c1-c1cnc2c3ccccc3c3nccnc3n12.[C-]#CC#CC#CC#CC#CC#CC#CC#C.[Ir].[Ir]. The minimum Gasteiger partial charge on any atom is -0.358 e. The molecule has 0 saturated heterocycles. The molecule has 0 unspecified atom stereocenters. The monoisotopic (exact) mass is 1350 g/mol. The van der Waals surface area contributed by atoms with Crippen LogP contribution >= 0.6 is 0 Å². The second-order valence-electron chi connectivity index (χ2n) is 18.1. The van der Waals surface area contributed by atoms with Crippen LogP contribution in [0.3, 0.4) is 0 Å². The summed E-state index contributed by atoms with van der Waals surface area (Å²) in [5, 5.41) is 4.18. The molecular formula is C67H52Ir2N8-2. The first-order valence-electron chi connectivity index (χ1n) is 24.1. The summed E-state index contributed by atoms with van der Waals surface area (Å²) in [6.45, 7) is 18.0. The van der Waals surface area contributed by atoms with Crippen LogP contribution in [0.15, 0.2) is 116 Å². The van der Waals surface area contributed by atoms with Crippen LogP contribution in [0.5, 0.6) is 0 Å². The van der Waals surface area contributed by atoms with Gasteiger partial charge in [-0.1, -0.05) is 134 Å². The van der Waals surface area contributed by atoms with E-state index in [0.717, 1.165) is 66.6 Å². The third-order valence-electron chi connectivity index (χ3n) is 12.1. The summed E-state index contributed by atoms with van der Waals surface area (Å²) < 4.78 is 4.35. The van der Waals surface area contributed by atoms with E-state index in [1.807, 2.05) is 36.5 Å². The van der Waals surface area contributed by atoms with Crippen LogP contribution in [0.4, 0.5) is 0 Å². The molecule has 0 spiro atoms. The zero-order chi connectivity index (χ0) is 52.1. The van der Waals surface area contributed by atoms with Gasteiger partial charge in [-0.3, -0.25) is 25.3 Å². The fraction of sp³-hybridized carbons (Fsp3) is 0.194. The number of hydrogen-bond acceptors (Lipinski definition) is 6. The molecule has 6 aromatic heterocycles. The van der Waals surface area contributed by atoms with Gasteiger partial charge in [0.05, 0.1) is 28.7 Å². The van der Waals surface area contributed by atoms with Gasteiger partial charge in [0.25, 0.3) is 0 Å². The fourth-order valence-corrected chi connectivity index (χ4v) is 9.00. The van der Waals surface area contributed by atoms with Gasteiger partial charge in [-0.2, -0.15) is 0 Å². The molecule has 77 heavy (non-hydrogen) atoms. The third kappa shape index (κ3) is 12.7. The molecule has 0 aliphatic rings. The van der Waals surface area contributed by atoms with Crippen molar-refractivity contribution in [3.8, 4) is 112 Å². The Kier molecular flexibility index (Phi) is 21.3. The van der Waals surface area contributed by atoms with Gasteiger partial charge in [0.2, 0.25) is 0 Å². The van der Waals surface area contributed by atoms with Gasteiger partial charge >= 0.3 is 0 Å². The number of pyridine rings is 2. The van der Waals surface area contributed by atoms with Gasteiger partial charge in [0.1, 0.15) is 16.8 Å². The normalized spacial score (nSPS) is 9.84. The maximum atomic E-state index is 6.46. The summed E-state index contributed by atoms with van der Waals surface area (Å²) in [6.07, 6.45) is 22.3. The van der Waals surface area contributed by atoms with Gasteiger partial charge in [-0.15, -0.1) is 36.6 Å². The maximum absolute atomic E-state index is 6.46. The third-order valence-corrected chi connectivity index (χ3v) is 12.1. The van der Waals surface area contributed by atoms with Crippen LogP contribution in [0.1, 0.15) is 109 Å². The summed E-state index contributed by atoms with van der Waals surface area (Å²) in [7, 11) is 0. The molecule has 10 heteroatoms. The van der Waals surface area contributed by atoms with E-state index in [1.165, 1.54) is 33.4 Å². The van der Waals surface area contributed by atoms with Crippen molar-refractivity contribution >= 4 is 55.2 Å². The molecule has 4 aromatic carbocycles. The van der Waals surface area contributed by atoms with E-state index >= 15 is 0 Å². The van der Waals surface area contributed by atoms with Gasteiger partial charge in [0, 0.05) is 93.1 Å². The molecule has 6 heterocycles. The Hall–Kier alpha value is -8.76. The largest absolute Gasteiger partial charge is 0.358 e. The minimum atomic E-state index is 0. The van der Waals surface area contributed by atoms with Crippen LogP contribution in [-0.2, 0) is 40.2 Å². The van der Waals surface area contributed by atoms with Gasteiger partial charge in [0.15, 0.2) is 5.65 Å². The zero-order valence-corrected chi connectivity index (χ0v) is 47.9. The first-order valence-corrected chi connectivity index (χ1v) is 24.1. The molecule has 0 fully saturated rings. The van der Waals surface area contributed by atoms with E-state index in [1.54, 1.807) is 24.8 Å². The van der Waals surface area contributed by atoms with E-state index in [2.05, 4.69) is 218 Å². The van der Waals surface area contributed by atoms with Crippen LogP contribution in [0.2, 0.25) is 0 Å². The Labute approximate surface area is 479 Å². The molecule has 0 saturated carbocycles. The summed E-state index contributed by atoms with van der Waals surface area (Å²) in [6, 6.07) is 30.9. The number of rotatable bonds is 6. The summed E-state index contributed by atoms with van der Waals surface area (Å²) >= 11 is 0. The second-order valence-corrected chi connectivity index (χ2v) is 18.1. The molecule has 0 aliphatic heterocycles. The van der Waals surface area contributed by atoms with E-state index in [9.17, 15) is 0 Å². The number of fused-ring (bicyclic) bond motifs is 12. The number of terminal acetylenes is 1. The molecule has 0 bridgehead atoms. The summed E-state index contributed by atoms with van der Waals surface area (Å²) in [5.41, 5.74) is 15.3. The van der Waals surface area contributed by atoms with Crippen molar-refractivity contribution in [1.82, 2.24) is 38.7 Å². The second kappa shape index (κ2) is 27.7. The standard InChI is InChI=1S/C25H24N4.C25H23N4.C16H.CH4.2Ir/c2*1-15(2)17-10-7-11-18(16(3)4)22(17)21-14-28-24-20-9-6-5-8-19(20)23-25(29(21)24)27-13-12-26-23;1-3-5-7-9-11-13-15-16-14-12-10-8-6-4-2;;;/h5-16H,1-4H3;5-8,10-16H,1-4H3;1H;1H4;;/q;2*-1;;;. The number of aromatic nitrogens is 8. The van der Waals surface area contributed by atoms with E-state index in [-0.39, 0.29) is 47.6 Å². The molecule has 0 amide bonds. The summed E-state index contributed by atoms with van der Waals surface area (Å²) in [5.74, 6) is 34.3. The van der Waals surface area contributed by atoms with Crippen LogP contribution in [-0.4, -0.2) is 38.7 Å². The predicted molar refractivity (Wildman–Crippen MR) is 307 cm³/mol. The molecule has 2 radical (unpaired) electrons. The molecule has 10 rings (SSSR count). The summed E-state index contributed by atoms with van der Waals surface area (Å²) in [4.78, 5) is 28.5. The Morgan fingerprint density at radius 3 is 1.29 bits per heavy atom. The van der Waals surface area contributed by atoms with Crippen LogP contribution < -0.4 is 0 Å². The predicted octanol–water partition coefficient (Wildman–Crippen LogP) is 13.4. The van der Waals surface area contributed by atoms with Crippen molar-refractivity contribution in [3.63, 3.8) is 0 Å². The number of benzene rings is 4. The van der Waals surface area contributed by atoms with Crippen molar-refractivity contribution in [2.24, 2.45) is 0 Å². The smallest absolute Gasteiger partial charge is 0.165 e. The van der Waals surface area contributed by atoms with Gasteiger partial charge in [-0.05, 0) is 111 Å². The van der Waals surface area contributed by atoms with E-state index in [4.69, 9.17) is 32.8 Å². The van der Waals surface area contributed by atoms with Gasteiger partial charge in [-0.25, -0.2) is 20.9 Å². The molecule has 0 N–H and O–H groups in total. The van der Waals surface area contributed by atoms with Crippen LogP contribution in [0, 0.1) is 102 Å². The first-order chi connectivity index (χ1) is 36.1. The molecule has 380 valence electrons. The number of imidazole rings is 2. The molecular weight excluding hydrogens is 1300 g/mol. The number of nitrogens with zero attached hydrogens (tertiary/aromatic N) is 8. The van der Waals surface area contributed by atoms with Crippen molar-refractivity contribution in [2.75, 3.05) is 0 Å². The van der Waals surface area contributed by atoms with Crippen molar-refractivity contribution in [1.29, 1.82) is 0 Å². The van der Waals surface area contributed by atoms with Crippen molar-refractivity contribution in [3.05, 3.63) is 151 Å². The Bertz CT molecular complexity index is 3970. The first kappa shape index (κ1) is 59.1. The van der Waals surface area contributed by atoms with E-state index < -0.39 is 0 Å². The van der Waals surface area contributed by atoms with Crippen molar-refractivity contribution < 1.29 is 40.2 Å².